The number of hydrogen-bond donors (Lipinski definition) is 1. The first-order valence-corrected chi connectivity index (χ1v) is 8.26. The Morgan fingerprint density at radius 1 is 1.33 bits per heavy atom. The van der Waals surface area contributed by atoms with Gasteiger partial charge in [0.2, 0.25) is 0 Å². The molecular weight excluding hydrogens is 310 g/mol. The molecule has 0 saturated heterocycles. The molecule has 98 valence electrons. The van der Waals surface area contributed by atoms with E-state index in [0.29, 0.717) is 5.56 Å². The molecule has 18 heavy (non-hydrogen) atoms. The van der Waals surface area contributed by atoms with Gasteiger partial charge in [0, 0.05) is 22.0 Å². The molecule has 0 bridgehead atoms. The van der Waals surface area contributed by atoms with Gasteiger partial charge in [-0.1, -0.05) is 25.0 Å². The average molecular weight is 328 g/mol. The van der Waals surface area contributed by atoms with Crippen LogP contribution in [0.1, 0.15) is 36.0 Å². The Balaban J connectivity index is 1.70. The highest BCUT2D eigenvalue weighted by Gasteiger charge is 2.15. The second-order valence-corrected chi connectivity index (χ2v) is 6.78. The molecule has 0 radical (unpaired) electrons. The molecule has 1 aromatic carbocycles. The molecule has 1 aliphatic rings. The van der Waals surface area contributed by atoms with Crippen molar-refractivity contribution in [3.05, 3.63) is 34.3 Å². The van der Waals surface area contributed by atoms with Crippen molar-refractivity contribution in [2.24, 2.45) is 0 Å². The van der Waals surface area contributed by atoms with Gasteiger partial charge in [-0.05, 0) is 40.9 Å². The van der Waals surface area contributed by atoms with Crippen LogP contribution >= 0.6 is 27.7 Å². The number of carbonyl (C=O) groups is 1. The minimum atomic E-state index is 0.00879. The van der Waals surface area contributed by atoms with E-state index in [1.807, 2.05) is 36.0 Å². The molecule has 1 aromatic rings. The number of halogens is 1. The van der Waals surface area contributed by atoms with Gasteiger partial charge in [0.25, 0.3) is 5.91 Å². The van der Waals surface area contributed by atoms with Crippen LogP contribution in [0.4, 0.5) is 0 Å². The van der Waals surface area contributed by atoms with Gasteiger partial charge in [-0.25, -0.2) is 0 Å². The Labute approximate surface area is 121 Å². The molecular formula is C14H18BrNOS. The van der Waals surface area contributed by atoms with Crippen LogP contribution in [0.25, 0.3) is 0 Å². The van der Waals surface area contributed by atoms with E-state index in [-0.39, 0.29) is 5.91 Å². The van der Waals surface area contributed by atoms with Crippen molar-refractivity contribution in [3.63, 3.8) is 0 Å². The lowest BCUT2D eigenvalue weighted by Gasteiger charge is -2.10. The first-order chi connectivity index (χ1) is 8.77. The molecule has 4 heteroatoms. The maximum absolute atomic E-state index is 11.9. The highest BCUT2D eigenvalue weighted by Crippen LogP contribution is 2.28. The summed E-state index contributed by atoms with van der Waals surface area (Å²) in [6.07, 6.45) is 5.45. The molecule has 2 rings (SSSR count). The Kier molecular flexibility index (Phi) is 5.57. The molecule has 2 nitrogen and oxygen atoms in total. The van der Waals surface area contributed by atoms with Crippen LogP contribution in [0.3, 0.4) is 0 Å². The van der Waals surface area contributed by atoms with Gasteiger partial charge in [-0.2, -0.15) is 11.8 Å². The predicted octanol–water partition coefficient (Wildman–Crippen LogP) is 3.85. The summed E-state index contributed by atoms with van der Waals surface area (Å²) in [6.45, 7) is 0.751. The van der Waals surface area contributed by atoms with Crippen molar-refractivity contribution in [1.82, 2.24) is 5.32 Å². The van der Waals surface area contributed by atoms with Crippen LogP contribution < -0.4 is 5.32 Å². The van der Waals surface area contributed by atoms with E-state index in [0.717, 1.165) is 22.0 Å². The molecule has 1 N–H and O–H groups in total. The summed E-state index contributed by atoms with van der Waals surface area (Å²) < 4.78 is 0.853. The second-order valence-electron chi connectivity index (χ2n) is 4.51. The lowest BCUT2D eigenvalue weighted by molar-refractivity contribution is 0.0955. The van der Waals surface area contributed by atoms with E-state index >= 15 is 0 Å². The molecule has 0 spiro atoms. The van der Waals surface area contributed by atoms with Gasteiger partial charge < -0.3 is 5.32 Å². The van der Waals surface area contributed by atoms with Crippen molar-refractivity contribution >= 4 is 33.6 Å². The largest absolute Gasteiger partial charge is 0.351 e. The third-order valence-electron chi connectivity index (χ3n) is 3.16. The number of benzene rings is 1. The number of hydrogen-bond acceptors (Lipinski definition) is 2. The lowest BCUT2D eigenvalue weighted by atomic mass is 10.2. The minimum Gasteiger partial charge on any atom is -0.351 e. The van der Waals surface area contributed by atoms with E-state index in [4.69, 9.17) is 0 Å². The van der Waals surface area contributed by atoms with Crippen molar-refractivity contribution in [1.29, 1.82) is 0 Å². The van der Waals surface area contributed by atoms with Crippen LogP contribution in [0.5, 0.6) is 0 Å². The Hall–Kier alpha value is -0.480. The average Bonchev–Trinajstić information content (AvgIpc) is 2.88. The van der Waals surface area contributed by atoms with Crippen LogP contribution in [-0.4, -0.2) is 23.5 Å². The SMILES string of the molecule is O=C(NCCSC1CCCC1)c1ccccc1Br. The number of nitrogens with one attached hydrogen (secondary N) is 1. The molecule has 1 fully saturated rings. The van der Waals surface area contributed by atoms with Crippen LogP contribution in [0.2, 0.25) is 0 Å². The molecule has 0 unspecified atom stereocenters. The zero-order chi connectivity index (χ0) is 12.8. The van der Waals surface area contributed by atoms with Crippen molar-refractivity contribution < 1.29 is 4.79 Å². The molecule has 0 aromatic heterocycles. The van der Waals surface area contributed by atoms with Gasteiger partial charge in [0.15, 0.2) is 0 Å². The first kappa shape index (κ1) is 13.9. The molecule has 0 heterocycles. The Morgan fingerprint density at radius 2 is 2.06 bits per heavy atom. The highest BCUT2D eigenvalue weighted by atomic mass is 79.9. The minimum absolute atomic E-state index is 0.00879. The van der Waals surface area contributed by atoms with Crippen molar-refractivity contribution in [2.45, 2.75) is 30.9 Å². The Bertz CT molecular complexity index is 405. The summed E-state index contributed by atoms with van der Waals surface area (Å²) in [7, 11) is 0. The van der Waals surface area contributed by atoms with Gasteiger partial charge in [0.05, 0.1) is 5.56 Å². The van der Waals surface area contributed by atoms with Crippen LogP contribution in [0.15, 0.2) is 28.7 Å². The van der Waals surface area contributed by atoms with E-state index in [9.17, 15) is 4.79 Å². The summed E-state index contributed by atoms with van der Waals surface area (Å²) in [5.41, 5.74) is 0.711. The van der Waals surface area contributed by atoms with E-state index in [1.54, 1.807) is 0 Å². The molecule has 1 saturated carbocycles. The maximum Gasteiger partial charge on any atom is 0.252 e. The third kappa shape index (κ3) is 4.02. The lowest BCUT2D eigenvalue weighted by Crippen LogP contribution is -2.26. The van der Waals surface area contributed by atoms with Gasteiger partial charge in [-0.15, -0.1) is 0 Å². The molecule has 0 atom stereocenters. The number of carbonyl (C=O) groups excluding carboxylic acids is 1. The third-order valence-corrected chi connectivity index (χ3v) is 5.24. The number of amides is 1. The van der Waals surface area contributed by atoms with E-state index in [1.165, 1.54) is 25.7 Å². The normalized spacial score (nSPS) is 15.8. The topological polar surface area (TPSA) is 29.1 Å². The van der Waals surface area contributed by atoms with Crippen molar-refractivity contribution in [3.8, 4) is 0 Å². The van der Waals surface area contributed by atoms with Crippen molar-refractivity contribution in [2.75, 3.05) is 12.3 Å². The fourth-order valence-electron chi connectivity index (χ4n) is 2.19. The standard InChI is InChI=1S/C14H18BrNOS/c15-13-8-4-3-7-12(13)14(17)16-9-10-18-11-5-1-2-6-11/h3-4,7-8,11H,1-2,5-6,9-10H2,(H,16,17). The summed E-state index contributed by atoms with van der Waals surface area (Å²) in [5.74, 6) is 1.02. The molecule has 1 aliphatic carbocycles. The molecule has 0 aliphatic heterocycles. The number of rotatable bonds is 5. The van der Waals surface area contributed by atoms with E-state index < -0.39 is 0 Å². The maximum atomic E-state index is 11.9. The Morgan fingerprint density at radius 3 is 2.78 bits per heavy atom. The summed E-state index contributed by atoms with van der Waals surface area (Å²) in [4.78, 5) is 11.9. The zero-order valence-electron chi connectivity index (χ0n) is 10.3. The highest BCUT2D eigenvalue weighted by molar-refractivity contribution is 9.10. The number of thioether (sulfide) groups is 1. The van der Waals surface area contributed by atoms with Crippen LogP contribution in [0, 0.1) is 0 Å². The van der Waals surface area contributed by atoms with Gasteiger partial charge in [0.1, 0.15) is 0 Å². The molecule has 1 amide bonds. The summed E-state index contributed by atoms with van der Waals surface area (Å²) >= 11 is 5.39. The fraction of sp³-hybridized carbons (Fsp3) is 0.500. The van der Waals surface area contributed by atoms with E-state index in [2.05, 4.69) is 21.2 Å². The zero-order valence-corrected chi connectivity index (χ0v) is 12.7. The second kappa shape index (κ2) is 7.19. The smallest absolute Gasteiger partial charge is 0.252 e. The van der Waals surface area contributed by atoms with Gasteiger partial charge >= 0.3 is 0 Å². The predicted molar refractivity (Wildman–Crippen MR) is 81.2 cm³/mol. The first-order valence-electron chi connectivity index (χ1n) is 6.41. The quantitative estimate of drug-likeness (QED) is 0.832. The monoisotopic (exact) mass is 327 g/mol. The van der Waals surface area contributed by atoms with Crippen LogP contribution in [-0.2, 0) is 0 Å². The summed E-state index contributed by atoms with van der Waals surface area (Å²) in [5, 5.41) is 3.80. The fourth-order valence-corrected chi connectivity index (χ4v) is 3.87. The van der Waals surface area contributed by atoms with Gasteiger partial charge in [-0.3, -0.25) is 4.79 Å². The summed E-state index contributed by atoms with van der Waals surface area (Å²) in [6, 6.07) is 7.52.